The van der Waals surface area contributed by atoms with Crippen LogP contribution < -0.4 is 11.1 Å². The lowest BCUT2D eigenvalue weighted by molar-refractivity contribution is -0.122. The van der Waals surface area contributed by atoms with Gasteiger partial charge in [-0.25, -0.2) is 0 Å². The van der Waals surface area contributed by atoms with E-state index in [-0.39, 0.29) is 11.9 Å². The first-order valence-electron chi connectivity index (χ1n) is 7.23. The Morgan fingerprint density at radius 2 is 2.00 bits per heavy atom. The Kier molecular flexibility index (Phi) is 6.65. The highest BCUT2D eigenvalue weighted by molar-refractivity contribution is 5.78. The standard InChI is InChI=1S/C14H29N3O/c1-11(2)9-16-14(18)10-17(3)13-8-6-4-5-7-12(13)15/h11-13H,4-10,15H2,1-3H3,(H,16,18). The van der Waals surface area contributed by atoms with Crippen LogP contribution in [0.4, 0.5) is 0 Å². The molecule has 106 valence electrons. The Balaban J connectivity index is 2.37. The van der Waals surface area contributed by atoms with E-state index in [0.717, 1.165) is 19.4 Å². The fourth-order valence-electron chi connectivity index (χ4n) is 2.58. The van der Waals surface area contributed by atoms with Crippen molar-refractivity contribution in [2.45, 2.75) is 58.0 Å². The van der Waals surface area contributed by atoms with Crippen LogP contribution in [0, 0.1) is 5.92 Å². The molecular formula is C14H29N3O. The molecule has 1 amide bonds. The summed E-state index contributed by atoms with van der Waals surface area (Å²) in [6, 6.07) is 0.577. The Labute approximate surface area is 111 Å². The average molecular weight is 255 g/mol. The molecule has 0 saturated heterocycles. The zero-order valence-electron chi connectivity index (χ0n) is 12.1. The quantitative estimate of drug-likeness (QED) is 0.729. The van der Waals surface area contributed by atoms with Crippen LogP contribution in [0.2, 0.25) is 0 Å². The van der Waals surface area contributed by atoms with Gasteiger partial charge in [0.25, 0.3) is 0 Å². The number of nitrogens with two attached hydrogens (primary N) is 1. The first kappa shape index (κ1) is 15.4. The molecule has 0 aliphatic heterocycles. The second-order valence-corrected chi connectivity index (χ2v) is 5.98. The average Bonchev–Trinajstić information content (AvgIpc) is 2.51. The van der Waals surface area contributed by atoms with Crippen molar-refractivity contribution >= 4 is 5.91 Å². The molecule has 1 aliphatic rings. The van der Waals surface area contributed by atoms with Crippen molar-refractivity contribution in [3.63, 3.8) is 0 Å². The summed E-state index contributed by atoms with van der Waals surface area (Å²) in [5.74, 6) is 0.613. The fourth-order valence-corrected chi connectivity index (χ4v) is 2.58. The molecule has 1 fully saturated rings. The first-order valence-corrected chi connectivity index (χ1v) is 7.23. The predicted molar refractivity (Wildman–Crippen MR) is 75.3 cm³/mol. The minimum Gasteiger partial charge on any atom is -0.355 e. The molecule has 0 radical (unpaired) electrons. The van der Waals surface area contributed by atoms with Gasteiger partial charge < -0.3 is 11.1 Å². The monoisotopic (exact) mass is 255 g/mol. The van der Waals surface area contributed by atoms with Crippen molar-refractivity contribution in [2.75, 3.05) is 20.1 Å². The third-order valence-corrected chi connectivity index (χ3v) is 3.70. The summed E-state index contributed by atoms with van der Waals surface area (Å²) in [7, 11) is 2.02. The molecule has 1 saturated carbocycles. The van der Waals surface area contributed by atoms with E-state index < -0.39 is 0 Å². The maximum absolute atomic E-state index is 11.8. The van der Waals surface area contributed by atoms with Crippen LogP contribution in [0.5, 0.6) is 0 Å². The van der Waals surface area contributed by atoms with Gasteiger partial charge in [0.2, 0.25) is 5.91 Å². The van der Waals surface area contributed by atoms with E-state index in [2.05, 4.69) is 24.1 Å². The van der Waals surface area contributed by atoms with Crippen LogP contribution in [-0.4, -0.2) is 43.0 Å². The van der Waals surface area contributed by atoms with Crippen molar-refractivity contribution in [1.82, 2.24) is 10.2 Å². The third-order valence-electron chi connectivity index (χ3n) is 3.70. The lowest BCUT2D eigenvalue weighted by atomic mass is 10.0. The van der Waals surface area contributed by atoms with E-state index in [1.165, 1.54) is 19.3 Å². The van der Waals surface area contributed by atoms with E-state index in [1.807, 2.05) is 7.05 Å². The van der Waals surface area contributed by atoms with Gasteiger partial charge in [0.15, 0.2) is 0 Å². The molecule has 1 rings (SSSR count). The summed E-state index contributed by atoms with van der Waals surface area (Å²) in [5.41, 5.74) is 6.20. The van der Waals surface area contributed by atoms with Gasteiger partial charge in [-0.05, 0) is 25.8 Å². The van der Waals surface area contributed by atoms with E-state index >= 15 is 0 Å². The van der Waals surface area contributed by atoms with Crippen LogP contribution in [0.15, 0.2) is 0 Å². The van der Waals surface area contributed by atoms with Crippen molar-refractivity contribution in [3.05, 3.63) is 0 Å². The van der Waals surface area contributed by atoms with Crippen LogP contribution >= 0.6 is 0 Å². The van der Waals surface area contributed by atoms with Gasteiger partial charge in [-0.15, -0.1) is 0 Å². The van der Waals surface area contributed by atoms with Crippen molar-refractivity contribution in [3.8, 4) is 0 Å². The number of likely N-dealkylation sites (N-methyl/N-ethyl adjacent to an activating group) is 1. The van der Waals surface area contributed by atoms with Gasteiger partial charge in [-0.2, -0.15) is 0 Å². The van der Waals surface area contributed by atoms with Crippen LogP contribution in [0.1, 0.15) is 46.0 Å². The molecule has 2 atom stereocenters. The summed E-state index contributed by atoms with van der Waals surface area (Å²) in [6.45, 7) is 5.42. The molecule has 3 N–H and O–H groups in total. The zero-order valence-corrected chi connectivity index (χ0v) is 12.1. The normalized spacial score (nSPS) is 25.2. The van der Waals surface area contributed by atoms with Gasteiger partial charge in [0.1, 0.15) is 0 Å². The number of amides is 1. The number of nitrogens with one attached hydrogen (secondary N) is 1. The maximum Gasteiger partial charge on any atom is 0.234 e. The minimum absolute atomic E-state index is 0.114. The summed E-state index contributed by atoms with van der Waals surface area (Å²) in [5, 5.41) is 2.96. The molecule has 0 aromatic rings. The Morgan fingerprint density at radius 3 is 2.67 bits per heavy atom. The summed E-state index contributed by atoms with van der Waals surface area (Å²) in [4.78, 5) is 13.9. The molecular weight excluding hydrogens is 226 g/mol. The van der Waals surface area contributed by atoms with Crippen molar-refractivity contribution < 1.29 is 4.79 Å². The van der Waals surface area contributed by atoms with E-state index in [9.17, 15) is 4.79 Å². The zero-order chi connectivity index (χ0) is 13.5. The number of rotatable bonds is 5. The van der Waals surface area contributed by atoms with Crippen LogP contribution in [-0.2, 0) is 4.79 Å². The molecule has 0 heterocycles. The predicted octanol–water partition coefficient (Wildman–Crippen LogP) is 1.35. The van der Waals surface area contributed by atoms with Gasteiger partial charge in [-0.3, -0.25) is 9.69 Å². The SMILES string of the molecule is CC(C)CNC(=O)CN(C)C1CCCCCC1N. The minimum atomic E-state index is 0.114. The third kappa shape index (κ3) is 5.36. The lowest BCUT2D eigenvalue weighted by Crippen LogP contribution is -2.49. The molecule has 0 bridgehead atoms. The number of hydrogen-bond donors (Lipinski definition) is 2. The van der Waals surface area contributed by atoms with Crippen molar-refractivity contribution in [1.29, 1.82) is 0 Å². The molecule has 0 spiro atoms. The van der Waals surface area contributed by atoms with E-state index in [1.54, 1.807) is 0 Å². The van der Waals surface area contributed by atoms with E-state index in [0.29, 0.717) is 18.5 Å². The molecule has 4 heteroatoms. The number of carbonyl (C=O) groups excluding carboxylic acids is 1. The number of hydrogen-bond acceptors (Lipinski definition) is 3. The van der Waals surface area contributed by atoms with Crippen molar-refractivity contribution in [2.24, 2.45) is 11.7 Å². The number of nitrogens with zero attached hydrogens (tertiary/aromatic N) is 1. The fraction of sp³-hybridized carbons (Fsp3) is 0.929. The summed E-state index contributed by atoms with van der Waals surface area (Å²) < 4.78 is 0. The Bertz CT molecular complexity index is 255. The second-order valence-electron chi connectivity index (χ2n) is 5.98. The lowest BCUT2D eigenvalue weighted by Gasteiger charge is -2.31. The highest BCUT2D eigenvalue weighted by Gasteiger charge is 2.25. The molecule has 0 aromatic heterocycles. The molecule has 0 aromatic carbocycles. The molecule has 18 heavy (non-hydrogen) atoms. The summed E-state index contributed by atoms with van der Waals surface area (Å²) in [6.07, 6.45) is 5.94. The van der Waals surface area contributed by atoms with Gasteiger partial charge in [0.05, 0.1) is 6.54 Å². The van der Waals surface area contributed by atoms with E-state index in [4.69, 9.17) is 5.73 Å². The Morgan fingerprint density at radius 1 is 1.33 bits per heavy atom. The molecule has 4 nitrogen and oxygen atoms in total. The van der Waals surface area contributed by atoms with Gasteiger partial charge in [-0.1, -0.05) is 33.1 Å². The second kappa shape index (κ2) is 7.74. The molecule has 2 unspecified atom stereocenters. The largest absolute Gasteiger partial charge is 0.355 e. The molecule has 1 aliphatic carbocycles. The smallest absolute Gasteiger partial charge is 0.234 e. The Hall–Kier alpha value is -0.610. The first-order chi connectivity index (χ1) is 8.50. The van der Waals surface area contributed by atoms with Crippen LogP contribution in [0.25, 0.3) is 0 Å². The maximum atomic E-state index is 11.8. The van der Waals surface area contributed by atoms with Gasteiger partial charge in [0, 0.05) is 18.6 Å². The highest BCUT2D eigenvalue weighted by atomic mass is 16.2. The number of carbonyl (C=O) groups is 1. The summed E-state index contributed by atoms with van der Waals surface area (Å²) >= 11 is 0. The highest BCUT2D eigenvalue weighted by Crippen LogP contribution is 2.20. The van der Waals surface area contributed by atoms with Crippen LogP contribution in [0.3, 0.4) is 0 Å². The van der Waals surface area contributed by atoms with Gasteiger partial charge >= 0.3 is 0 Å². The topological polar surface area (TPSA) is 58.4 Å².